The van der Waals surface area contributed by atoms with E-state index in [9.17, 15) is 5.11 Å². The van der Waals surface area contributed by atoms with Gasteiger partial charge in [-0.25, -0.2) is 0 Å². The fourth-order valence-corrected chi connectivity index (χ4v) is 1.78. The zero-order chi connectivity index (χ0) is 9.97. The van der Waals surface area contributed by atoms with Crippen LogP contribution in [0.4, 0.5) is 0 Å². The standard InChI is InChI=1S/C12H14O2/c1-2-9-8-14-12(11(9)13)10-6-4-3-5-7-10/h2-7,9,11-13H,1,8H2/t9-,11+,12-/m0/s1. The molecule has 0 bridgehead atoms. The largest absolute Gasteiger partial charge is 0.389 e. The Bertz CT molecular complexity index is 307. The first kappa shape index (κ1) is 9.44. The molecule has 1 saturated heterocycles. The summed E-state index contributed by atoms with van der Waals surface area (Å²) in [6.07, 6.45) is 1.10. The second-order valence-electron chi connectivity index (χ2n) is 3.55. The molecule has 0 radical (unpaired) electrons. The molecule has 1 aliphatic rings. The fourth-order valence-electron chi connectivity index (χ4n) is 1.78. The van der Waals surface area contributed by atoms with Crippen LogP contribution in [-0.4, -0.2) is 17.8 Å². The van der Waals surface area contributed by atoms with Crippen LogP contribution < -0.4 is 0 Å². The van der Waals surface area contributed by atoms with Crippen molar-refractivity contribution < 1.29 is 9.84 Å². The number of rotatable bonds is 2. The SMILES string of the molecule is C=C[C@H]1CO[C@@H](c2ccccc2)[C@@H]1O. The molecule has 0 saturated carbocycles. The van der Waals surface area contributed by atoms with Crippen molar-refractivity contribution in [3.05, 3.63) is 48.6 Å². The number of ether oxygens (including phenoxy) is 1. The van der Waals surface area contributed by atoms with Crippen LogP contribution in [0.15, 0.2) is 43.0 Å². The third-order valence-corrected chi connectivity index (χ3v) is 2.65. The molecule has 0 unspecified atom stereocenters. The monoisotopic (exact) mass is 190 g/mol. The molecule has 2 heteroatoms. The molecule has 1 aliphatic heterocycles. The van der Waals surface area contributed by atoms with E-state index in [2.05, 4.69) is 6.58 Å². The van der Waals surface area contributed by atoms with Crippen LogP contribution in [0.2, 0.25) is 0 Å². The van der Waals surface area contributed by atoms with Gasteiger partial charge in [0.25, 0.3) is 0 Å². The molecular weight excluding hydrogens is 176 g/mol. The van der Waals surface area contributed by atoms with E-state index in [0.29, 0.717) is 6.61 Å². The molecule has 1 aromatic rings. The van der Waals surface area contributed by atoms with Crippen LogP contribution in [-0.2, 0) is 4.74 Å². The van der Waals surface area contributed by atoms with Crippen LogP contribution in [0.3, 0.4) is 0 Å². The van der Waals surface area contributed by atoms with Crippen LogP contribution in [0.1, 0.15) is 11.7 Å². The fraction of sp³-hybridized carbons (Fsp3) is 0.333. The van der Waals surface area contributed by atoms with E-state index in [0.717, 1.165) is 5.56 Å². The second-order valence-corrected chi connectivity index (χ2v) is 3.55. The lowest BCUT2D eigenvalue weighted by molar-refractivity contribution is 0.0398. The lowest BCUT2D eigenvalue weighted by Gasteiger charge is -2.15. The Hall–Kier alpha value is -1.12. The predicted molar refractivity (Wildman–Crippen MR) is 54.8 cm³/mol. The van der Waals surface area contributed by atoms with E-state index in [1.807, 2.05) is 30.3 Å². The van der Waals surface area contributed by atoms with Crippen LogP contribution in [0.5, 0.6) is 0 Å². The van der Waals surface area contributed by atoms with Gasteiger partial charge >= 0.3 is 0 Å². The van der Waals surface area contributed by atoms with Crippen molar-refractivity contribution in [2.45, 2.75) is 12.2 Å². The molecule has 1 fully saturated rings. The summed E-state index contributed by atoms with van der Waals surface area (Å²) in [6, 6.07) is 9.80. The Labute approximate surface area is 83.8 Å². The quantitative estimate of drug-likeness (QED) is 0.722. The van der Waals surface area contributed by atoms with Gasteiger partial charge in [-0.1, -0.05) is 36.4 Å². The minimum atomic E-state index is -0.463. The number of aliphatic hydroxyl groups is 1. The summed E-state index contributed by atoms with van der Waals surface area (Å²) in [5.41, 5.74) is 1.03. The Morgan fingerprint density at radius 3 is 2.64 bits per heavy atom. The highest BCUT2D eigenvalue weighted by molar-refractivity contribution is 5.20. The van der Waals surface area contributed by atoms with Gasteiger partial charge in [0, 0.05) is 5.92 Å². The molecule has 0 amide bonds. The highest BCUT2D eigenvalue weighted by Crippen LogP contribution is 2.32. The number of benzene rings is 1. The molecule has 0 spiro atoms. The molecule has 2 rings (SSSR count). The summed E-state index contributed by atoms with van der Waals surface area (Å²) in [5, 5.41) is 9.91. The van der Waals surface area contributed by atoms with E-state index >= 15 is 0 Å². The summed E-state index contributed by atoms with van der Waals surface area (Å²) < 4.78 is 5.53. The van der Waals surface area contributed by atoms with Crippen LogP contribution in [0, 0.1) is 5.92 Å². The summed E-state index contributed by atoms with van der Waals surface area (Å²) in [5.74, 6) is 0.0557. The van der Waals surface area contributed by atoms with Gasteiger partial charge < -0.3 is 9.84 Å². The zero-order valence-electron chi connectivity index (χ0n) is 7.97. The van der Waals surface area contributed by atoms with Crippen molar-refractivity contribution >= 4 is 0 Å². The first-order chi connectivity index (χ1) is 6.83. The molecule has 1 heterocycles. The van der Waals surface area contributed by atoms with Gasteiger partial charge in [0.05, 0.1) is 12.7 Å². The lowest BCUT2D eigenvalue weighted by atomic mass is 9.97. The zero-order valence-corrected chi connectivity index (χ0v) is 7.97. The van der Waals surface area contributed by atoms with E-state index in [1.165, 1.54) is 0 Å². The molecule has 1 N–H and O–H groups in total. The normalized spacial score (nSPS) is 31.6. The van der Waals surface area contributed by atoms with Crippen molar-refractivity contribution in [2.75, 3.05) is 6.61 Å². The summed E-state index contributed by atoms with van der Waals surface area (Å²) >= 11 is 0. The van der Waals surface area contributed by atoms with Gasteiger partial charge in [-0.05, 0) is 5.56 Å². The summed E-state index contributed by atoms with van der Waals surface area (Å²) in [4.78, 5) is 0. The maximum absolute atomic E-state index is 9.91. The topological polar surface area (TPSA) is 29.5 Å². The van der Waals surface area contributed by atoms with Gasteiger partial charge in [0.2, 0.25) is 0 Å². The maximum Gasteiger partial charge on any atom is 0.109 e. The summed E-state index contributed by atoms with van der Waals surface area (Å²) in [7, 11) is 0. The van der Waals surface area contributed by atoms with E-state index in [1.54, 1.807) is 6.08 Å². The van der Waals surface area contributed by atoms with Crippen molar-refractivity contribution in [1.82, 2.24) is 0 Å². The van der Waals surface area contributed by atoms with Crippen molar-refractivity contribution in [3.63, 3.8) is 0 Å². The van der Waals surface area contributed by atoms with Crippen molar-refractivity contribution in [3.8, 4) is 0 Å². The van der Waals surface area contributed by atoms with Gasteiger partial charge in [0.1, 0.15) is 6.10 Å². The first-order valence-electron chi connectivity index (χ1n) is 4.80. The molecule has 1 aromatic carbocycles. The third-order valence-electron chi connectivity index (χ3n) is 2.65. The average Bonchev–Trinajstić information content (AvgIpc) is 2.61. The highest BCUT2D eigenvalue weighted by atomic mass is 16.5. The molecular formula is C12H14O2. The van der Waals surface area contributed by atoms with Gasteiger partial charge in [0.15, 0.2) is 0 Å². The van der Waals surface area contributed by atoms with E-state index in [-0.39, 0.29) is 12.0 Å². The van der Waals surface area contributed by atoms with Gasteiger partial charge in [-0.2, -0.15) is 0 Å². The minimum Gasteiger partial charge on any atom is -0.389 e. The molecule has 2 nitrogen and oxygen atoms in total. The smallest absolute Gasteiger partial charge is 0.109 e. The average molecular weight is 190 g/mol. The molecule has 14 heavy (non-hydrogen) atoms. The Morgan fingerprint density at radius 2 is 2.07 bits per heavy atom. The molecule has 3 atom stereocenters. The van der Waals surface area contributed by atoms with E-state index < -0.39 is 6.10 Å². The van der Waals surface area contributed by atoms with E-state index in [4.69, 9.17) is 4.74 Å². The molecule has 0 aromatic heterocycles. The number of hydrogen-bond acceptors (Lipinski definition) is 2. The highest BCUT2D eigenvalue weighted by Gasteiger charge is 2.34. The molecule has 0 aliphatic carbocycles. The first-order valence-corrected chi connectivity index (χ1v) is 4.80. The summed E-state index contributed by atoms with van der Waals surface area (Å²) in [6.45, 7) is 4.24. The number of hydrogen-bond donors (Lipinski definition) is 1. The van der Waals surface area contributed by atoms with Gasteiger partial charge in [-0.3, -0.25) is 0 Å². The van der Waals surface area contributed by atoms with Crippen LogP contribution in [0.25, 0.3) is 0 Å². The van der Waals surface area contributed by atoms with Crippen molar-refractivity contribution in [2.24, 2.45) is 5.92 Å². The number of aliphatic hydroxyl groups excluding tert-OH is 1. The van der Waals surface area contributed by atoms with Gasteiger partial charge in [-0.15, -0.1) is 6.58 Å². The maximum atomic E-state index is 9.91. The Morgan fingerprint density at radius 1 is 1.36 bits per heavy atom. The predicted octanol–water partition coefficient (Wildman–Crippen LogP) is 1.92. The lowest BCUT2D eigenvalue weighted by Crippen LogP contribution is -2.18. The van der Waals surface area contributed by atoms with Crippen LogP contribution >= 0.6 is 0 Å². The Balaban J connectivity index is 2.18. The Kier molecular flexibility index (Phi) is 2.66. The van der Waals surface area contributed by atoms with Crippen molar-refractivity contribution in [1.29, 1.82) is 0 Å². The molecule has 74 valence electrons. The minimum absolute atomic E-state index is 0.0557. The second kappa shape index (κ2) is 3.95. The third kappa shape index (κ3) is 1.59.